The van der Waals surface area contributed by atoms with Crippen LogP contribution in [0.4, 0.5) is 0 Å². The van der Waals surface area contributed by atoms with E-state index >= 15 is 0 Å². The Morgan fingerprint density at radius 3 is 2.62 bits per heavy atom. The molecule has 0 aromatic heterocycles. The topological polar surface area (TPSA) is 41.6 Å². The van der Waals surface area contributed by atoms with Crippen molar-refractivity contribution in [1.29, 1.82) is 0 Å². The molecular weight excluding hydrogens is 204 g/mol. The van der Waals surface area contributed by atoms with Crippen molar-refractivity contribution in [3.63, 3.8) is 0 Å². The SMILES string of the molecule is CNC1COCC1C(=O)N1CCC(C)CC1. The van der Waals surface area contributed by atoms with Crippen LogP contribution in [0.15, 0.2) is 0 Å². The van der Waals surface area contributed by atoms with Gasteiger partial charge in [0.15, 0.2) is 0 Å². The van der Waals surface area contributed by atoms with Crippen molar-refractivity contribution in [3.05, 3.63) is 0 Å². The Bertz CT molecular complexity index is 249. The summed E-state index contributed by atoms with van der Waals surface area (Å²) in [6, 6.07) is 0.201. The molecular formula is C12H22N2O2. The Balaban J connectivity index is 1.91. The molecule has 2 aliphatic rings. The molecule has 4 nitrogen and oxygen atoms in total. The molecule has 0 radical (unpaired) electrons. The number of nitrogens with one attached hydrogen (secondary N) is 1. The van der Waals surface area contributed by atoms with Crippen molar-refractivity contribution < 1.29 is 9.53 Å². The summed E-state index contributed by atoms with van der Waals surface area (Å²) in [6.07, 6.45) is 2.28. The number of hydrogen-bond donors (Lipinski definition) is 1. The van der Waals surface area contributed by atoms with Gasteiger partial charge in [-0.05, 0) is 25.8 Å². The van der Waals surface area contributed by atoms with Gasteiger partial charge in [-0.1, -0.05) is 6.92 Å². The molecule has 0 aromatic rings. The second kappa shape index (κ2) is 5.15. The Kier molecular flexibility index (Phi) is 3.82. The van der Waals surface area contributed by atoms with Crippen LogP contribution in [0.5, 0.6) is 0 Å². The van der Waals surface area contributed by atoms with Gasteiger partial charge in [-0.15, -0.1) is 0 Å². The lowest BCUT2D eigenvalue weighted by molar-refractivity contribution is -0.137. The standard InChI is InChI=1S/C12H22N2O2/c1-9-3-5-14(6-4-9)12(15)10-7-16-8-11(10)13-2/h9-11,13H,3-8H2,1-2H3. The third-order valence-corrected chi connectivity index (χ3v) is 3.86. The van der Waals surface area contributed by atoms with Gasteiger partial charge in [-0.25, -0.2) is 0 Å². The van der Waals surface area contributed by atoms with Crippen molar-refractivity contribution in [2.75, 3.05) is 33.4 Å². The molecule has 2 saturated heterocycles. The number of carbonyl (C=O) groups excluding carboxylic acids is 1. The van der Waals surface area contributed by atoms with E-state index in [0.717, 1.165) is 31.8 Å². The highest BCUT2D eigenvalue weighted by Crippen LogP contribution is 2.21. The zero-order chi connectivity index (χ0) is 11.5. The molecule has 0 aliphatic carbocycles. The summed E-state index contributed by atoms with van der Waals surface area (Å²) >= 11 is 0. The second-order valence-electron chi connectivity index (χ2n) is 5.05. The van der Waals surface area contributed by atoms with Crippen molar-refractivity contribution >= 4 is 5.91 Å². The number of likely N-dealkylation sites (N-methyl/N-ethyl adjacent to an activating group) is 1. The van der Waals surface area contributed by atoms with E-state index in [0.29, 0.717) is 13.2 Å². The van der Waals surface area contributed by atoms with Crippen LogP contribution < -0.4 is 5.32 Å². The minimum atomic E-state index is 0.0263. The highest BCUT2D eigenvalue weighted by Gasteiger charge is 2.36. The molecule has 16 heavy (non-hydrogen) atoms. The molecule has 2 aliphatic heterocycles. The maximum atomic E-state index is 12.3. The molecule has 92 valence electrons. The quantitative estimate of drug-likeness (QED) is 0.744. The maximum absolute atomic E-state index is 12.3. The van der Waals surface area contributed by atoms with Gasteiger partial charge in [-0.3, -0.25) is 4.79 Å². The molecule has 2 unspecified atom stereocenters. The molecule has 1 amide bonds. The molecule has 0 bridgehead atoms. The lowest BCUT2D eigenvalue weighted by atomic mass is 9.96. The number of nitrogens with zero attached hydrogens (tertiary/aromatic N) is 1. The van der Waals surface area contributed by atoms with Gasteiger partial charge in [0.25, 0.3) is 0 Å². The summed E-state index contributed by atoms with van der Waals surface area (Å²) in [6.45, 7) is 5.35. The smallest absolute Gasteiger partial charge is 0.229 e. The summed E-state index contributed by atoms with van der Waals surface area (Å²) in [7, 11) is 1.90. The maximum Gasteiger partial charge on any atom is 0.229 e. The van der Waals surface area contributed by atoms with Crippen LogP contribution in [-0.2, 0) is 9.53 Å². The number of likely N-dealkylation sites (tertiary alicyclic amines) is 1. The lowest BCUT2D eigenvalue weighted by Crippen LogP contribution is -2.47. The third-order valence-electron chi connectivity index (χ3n) is 3.86. The van der Waals surface area contributed by atoms with Crippen LogP contribution in [0, 0.1) is 11.8 Å². The first-order valence-corrected chi connectivity index (χ1v) is 6.26. The van der Waals surface area contributed by atoms with Gasteiger partial charge in [-0.2, -0.15) is 0 Å². The lowest BCUT2D eigenvalue weighted by Gasteiger charge is -2.33. The average molecular weight is 226 g/mol. The van der Waals surface area contributed by atoms with Crippen LogP contribution in [0.2, 0.25) is 0 Å². The zero-order valence-electron chi connectivity index (χ0n) is 10.2. The molecule has 2 atom stereocenters. The largest absolute Gasteiger partial charge is 0.379 e. The fourth-order valence-electron chi connectivity index (χ4n) is 2.55. The third kappa shape index (κ3) is 2.38. The molecule has 1 N–H and O–H groups in total. The highest BCUT2D eigenvalue weighted by atomic mass is 16.5. The van der Waals surface area contributed by atoms with Gasteiger partial charge in [0.05, 0.1) is 19.1 Å². The van der Waals surface area contributed by atoms with Gasteiger partial charge in [0.1, 0.15) is 0 Å². The molecule has 0 saturated carbocycles. The fraction of sp³-hybridized carbons (Fsp3) is 0.917. The molecule has 0 spiro atoms. The second-order valence-corrected chi connectivity index (χ2v) is 5.05. The molecule has 0 aromatic carbocycles. The first kappa shape index (κ1) is 11.9. The summed E-state index contributed by atoms with van der Waals surface area (Å²) < 4.78 is 5.38. The Labute approximate surface area is 97.3 Å². The van der Waals surface area contributed by atoms with Gasteiger partial charge >= 0.3 is 0 Å². The Morgan fingerprint density at radius 1 is 1.31 bits per heavy atom. The van der Waals surface area contributed by atoms with Crippen LogP contribution in [0.25, 0.3) is 0 Å². The van der Waals surface area contributed by atoms with Gasteiger partial charge in [0.2, 0.25) is 5.91 Å². The molecule has 2 fully saturated rings. The monoisotopic (exact) mass is 226 g/mol. The predicted molar refractivity (Wildman–Crippen MR) is 62.1 cm³/mol. The van der Waals surface area contributed by atoms with Gasteiger partial charge < -0.3 is 15.0 Å². The fourth-order valence-corrected chi connectivity index (χ4v) is 2.55. The number of hydrogen-bond acceptors (Lipinski definition) is 3. The normalized spacial score (nSPS) is 32.0. The first-order valence-electron chi connectivity index (χ1n) is 6.26. The number of ether oxygens (including phenoxy) is 1. The Hall–Kier alpha value is -0.610. The number of amides is 1. The minimum absolute atomic E-state index is 0.0263. The van der Waals surface area contributed by atoms with Crippen LogP contribution >= 0.6 is 0 Å². The number of rotatable bonds is 2. The first-order chi connectivity index (χ1) is 7.72. The van der Waals surface area contributed by atoms with Gasteiger partial charge in [0, 0.05) is 19.1 Å². The van der Waals surface area contributed by atoms with E-state index in [9.17, 15) is 4.79 Å². The summed E-state index contributed by atoms with van der Waals surface area (Å²) in [5.41, 5.74) is 0. The molecule has 2 rings (SSSR count). The molecule has 4 heteroatoms. The van der Waals surface area contributed by atoms with Crippen LogP contribution in [0.1, 0.15) is 19.8 Å². The summed E-state index contributed by atoms with van der Waals surface area (Å²) in [5.74, 6) is 1.08. The van der Waals surface area contributed by atoms with E-state index in [4.69, 9.17) is 4.74 Å². The van der Waals surface area contributed by atoms with Crippen molar-refractivity contribution in [2.24, 2.45) is 11.8 Å². The van der Waals surface area contributed by atoms with Crippen molar-refractivity contribution in [1.82, 2.24) is 10.2 Å². The number of carbonyl (C=O) groups is 1. The van der Waals surface area contributed by atoms with E-state index in [-0.39, 0.29) is 17.9 Å². The van der Waals surface area contributed by atoms with Crippen LogP contribution in [0.3, 0.4) is 0 Å². The van der Waals surface area contributed by atoms with E-state index in [1.165, 1.54) is 0 Å². The van der Waals surface area contributed by atoms with Crippen molar-refractivity contribution in [2.45, 2.75) is 25.8 Å². The van der Waals surface area contributed by atoms with Crippen LogP contribution in [-0.4, -0.2) is 50.2 Å². The summed E-state index contributed by atoms with van der Waals surface area (Å²) in [4.78, 5) is 14.3. The van der Waals surface area contributed by atoms with E-state index in [2.05, 4.69) is 12.2 Å². The Morgan fingerprint density at radius 2 is 2.00 bits per heavy atom. The average Bonchev–Trinajstić information content (AvgIpc) is 2.77. The van der Waals surface area contributed by atoms with E-state index in [1.54, 1.807) is 0 Å². The molecule has 2 heterocycles. The van der Waals surface area contributed by atoms with E-state index < -0.39 is 0 Å². The van der Waals surface area contributed by atoms with Crippen molar-refractivity contribution in [3.8, 4) is 0 Å². The predicted octanol–water partition coefficient (Wildman–Crippen LogP) is 0.479. The minimum Gasteiger partial charge on any atom is -0.379 e. The zero-order valence-corrected chi connectivity index (χ0v) is 10.2. The van der Waals surface area contributed by atoms with E-state index in [1.807, 2.05) is 11.9 Å². The number of piperidine rings is 1. The highest BCUT2D eigenvalue weighted by molar-refractivity contribution is 5.80. The summed E-state index contributed by atoms with van der Waals surface area (Å²) in [5, 5.41) is 3.17.